The third-order valence-electron chi connectivity index (χ3n) is 0.571. The van der Waals surface area contributed by atoms with E-state index in [2.05, 4.69) is 11.3 Å². The second kappa shape index (κ2) is 11.6. The summed E-state index contributed by atoms with van der Waals surface area (Å²) in [6.45, 7) is 6.85. The van der Waals surface area contributed by atoms with Gasteiger partial charge < -0.3 is 9.53 Å². The van der Waals surface area contributed by atoms with Crippen molar-refractivity contribution in [2.45, 2.75) is 20.3 Å². The number of esters is 1. The minimum atomic E-state index is -0.264. The Morgan fingerprint density at radius 1 is 1.64 bits per heavy atom. The summed E-state index contributed by atoms with van der Waals surface area (Å²) in [5, 5.41) is 0. The molecule has 0 fully saturated rings. The van der Waals surface area contributed by atoms with Crippen LogP contribution in [0.15, 0.2) is 12.7 Å². The highest BCUT2D eigenvalue weighted by Crippen LogP contribution is 1.73. The molecule has 0 aliphatic carbocycles. The fourth-order valence-corrected chi connectivity index (χ4v) is 0.176. The number of aldehydes is 1. The fraction of sp³-hybridized carbons (Fsp3) is 0.500. The van der Waals surface area contributed by atoms with Gasteiger partial charge in [0.15, 0.2) is 0 Å². The average molecular weight is 158 g/mol. The van der Waals surface area contributed by atoms with Gasteiger partial charge in [-0.05, 0) is 0 Å². The van der Waals surface area contributed by atoms with E-state index in [1.165, 1.54) is 13.0 Å². The van der Waals surface area contributed by atoms with Crippen molar-refractivity contribution < 1.29 is 14.3 Å². The van der Waals surface area contributed by atoms with Crippen molar-refractivity contribution in [1.82, 2.24) is 0 Å². The van der Waals surface area contributed by atoms with Crippen molar-refractivity contribution in [2.24, 2.45) is 0 Å². The predicted octanol–water partition coefficient (Wildman–Crippen LogP) is 1.33. The monoisotopic (exact) mass is 158 g/mol. The van der Waals surface area contributed by atoms with Crippen molar-refractivity contribution in [3.8, 4) is 0 Å². The van der Waals surface area contributed by atoms with E-state index in [9.17, 15) is 9.59 Å². The molecule has 64 valence electrons. The van der Waals surface area contributed by atoms with Crippen molar-refractivity contribution in [2.75, 3.05) is 6.61 Å². The van der Waals surface area contributed by atoms with Crippen molar-refractivity contribution in [1.29, 1.82) is 0 Å². The van der Waals surface area contributed by atoms with E-state index in [1.807, 2.05) is 6.92 Å². The lowest BCUT2D eigenvalue weighted by molar-refractivity contribution is -0.139. The minimum absolute atomic E-state index is 0.264. The quantitative estimate of drug-likeness (QED) is 0.353. The van der Waals surface area contributed by atoms with E-state index >= 15 is 0 Å². The molecule has 0 radical (unpaired) electrons. The van der Waals surface area contributed by atoms with Crippen molar-refractivity contribution in [3.63, 3.8) is 0 Å². The van der Waals surface area contributed by atoms with Crippen LogP contribution in [0.3, 0.4) is 0 Å². The first-order chi connectivity index (χ1) is 5.18. The number of ether oxygens (including phenoxy) is 1. The highest BCUT2D eigenvalue weighted by Gasteiger charge is 1.83. The molecule has 11 heavy (non-hydrogen) atoms. The van der Waals surface area contributed by atoms with Crippen LogP contribution in [0.2, 0.25) is 0 Å². The van der Waals surface area contributed by atoms with Gasteiger partial charge in [0.1, 0.15) is 12.9 Å². The summed E-state index contributed by atoms with van der Waals surface area (Å²) in [7, 11) is 0. The first-order valence-electron chi connectivity index (χ1n) is 3.36. The number of rotatable bonds is 3. The van der Waals surface area contributed by atoms with Gasteiger partial charge in [0, 0.05) is 13.3 Å². The molecule has 0 aliphatic rings. The summed E-state index contributed by atoms with van der Waals surface area (Å²) >= 11 is 0. The lowest BCUT2D eigenvalue weighted by Gasteiger charge is -1.90. The van der Waals surface area contributed by atoms with Crippen LogP contribution < -0.4 is 0 Å². The van der Waals surface area contributed by atoms with E-state index in [0.717, 1.165) is 6.29 Å². The molecular formula is C8H14O3. The number of hydrogen-bond acceptors (Lipinski definition) is 3. The van der Waals surface area contributed by atoms with Gasteiger partial charge in [-0.3, -0.25) is 4.79 Å². The van der Waals surface area contributed by atoms with Gasteiger partial charge in [-0.15, -0.1) is 0 Å². The largest absolute Gasteiger partial charge is 0.462 e. The molecule has 0 aromatic heterocycles. The van der Waals surface area contributed by atoms with Crippen molar-refractivity contribution >= 4 is 12.3 Å². The molecule has 0 aliphatic heterocycles. The minimum Gasteiger partial charge on any atom is -0.462 e. The van der Waals surface area contributed by atoms with E-state index in [0.29, 0.717) is 13.0 Å². The van der Waals surface area contributed by atoms with E-state index in [1.54, 1.807) is 0 Å². The molecule has 0 bridgehead atoms. The summed E-state index contributed by atoms with van der Waals surface area (Å²) in [4.78, 5) is 19.1. The van der Waals surface area contributed by atoms with E-state index in [-0.39, 0.29) is 5.97 Å². The average Bonchev–Trinajstić information content (AvgIpc) is 2.01. The van der Waals surface area contributed by atoms with Crippen molar-refractivity contribution in [3.05, 3.63) is 12.7 Å². The van der Waals surface area contributed by atoms with Gasteiger partial charge in [0.05, 0.1) is 0 Å². The van der Waals surface area contributed by atoms with Crippen LogP contribution in [0.4, 0.5) is 0 Å². The van der Waals surface area contributed by atoms with Crippen LogP contribution in [0.1, 0.15) is 20.3 Å². The zero-order chi connectivity index (χ0) is 9.11. The second-order valence-corrected chi connectivity index (χ2v) is 1.67. The summed E-state index contributed by atoms with van der Waals surface area (Å²) in [6.07, 6.45) is 3.04. The van der Waals surface area contributed by atoms with Crippen LogP contribution in [0.25, 0.3) is 0 Å². The molecule has 0 spiro atoms. The Labute approximate surface area is 67.0 Å². The third-order valence-corrected chi connectivity index (χ3v) is 0.571. The molecule has 0 amide bonds. The molecule has 0 heterocycles. The number of carbonyl (C=O) groups excluding carboxylic acids is 2. The zero-order valence-electron chi connectivity index (χ0n) is 7.00. The van der Waals surface area contributed by atoms with E-state index < -0.39 is 0 Å². The van der Waals surface area contributed by atoms with Crippen LogP contribution in [0, 0.1) is 0 Å². The van der Waals surface area contributed by atoms with Gasteiger partial charge in [-0.25, -0.2) is 0 Å². The predicted molar refractivity (Wildman–Crippen MR) is 43.2 cm³/mol. The fourth-order valence-electron chi connectivity index (χ4n) is 0.176. The Morgan fingerprint density at radius 3 is 2.18 bits per heavy atom. The number of hydrogen-bond donors (Lipinski definition) is 0. The van der Waals surface area contributed by atoms with Crippen LogP contribution in [0.5, 0.6) is 0 Å². The Kier molecular flexibility index (Phi) is 13.3. The van der Waals surface area contributed by atoms with Crippen LogP contribution >= 0.6 is 0 Å². The highest BCUT2D eigenvalue weighted by atomic mass is 16.5. The van der Waals surface area contributed by atoms with Gasteiger partial charge in [0.2, 0.25) is 0 Å². The Morgan fingerprint density at radius 2 is 2.09 bits per heavy atom. The van der Waals surface area contributed by atoms with Crippen LogP contribution in [-0.4, -0.2) is 18.9 Å². The third kappa shape index (κ3) is 27.9. The van der Waals surface area contributed by atoms with E-state index in [4.69, 9.17) is 0 Å². The highest BCUT2D eigenvalue weighted by molar-refractivity contribution is 5.65. The topological polar surface area (TPSA) is 43.4 Å². The van der Waals surface area contributed by atoms with Crippen LogP contribution in [-0.2, 0) is 14.3 Å². The molecule has 0 saturated heterocycles. The molecule has 3 nitrogen and oxygen atoms in total. The molecule has 0 aromatic carbocycles. The Balaban J connectivity index is 0. The molecule has 0 rings (SSSR count). The smallest absolute Gasteiger partial charge is 0.302 e. The maximum atomic E-state index is 9.93. The summed E-state index contributed by atoms with van der Waals surface area (Å²) in [6, 6.07) is 0. The molecule has 0 N–H and O–H groups in total. The summed E-state index contributed by atoms with van der Waals surface area (Å²) < 4.78 is 4.43. The maximum absolute atomic E-state index is 9.93. The Hall–Kier alpha value is -1.12. The molecule has 3 heteroatoms. The zero-order valence-corrected chi connectivity index (χ0v) is 7.00. The first-order valence-corrected chi connectivity index (χ1v) is 3.36. The number of carbonyl (C=O) groups is 2. The van der Waals surface area contributed by atoms with Gasteiger partial charge in [-0.2, -0.15) is 0 Å². The van der Waals surface area contributed by atoms with Gasteiger partial charge >= 0.3 is 5.97 Å². The maximum Gasteiger partial charge on any atom is 0.302 e. The lowest BCUT2D eigenvalue weighted by Crippen LogP contribution is -1.96. The molecular weight excluding hydrogens is 144 g/mol. The SMILES string of the molecule is C=CCOC(C)=O.CCC=O. The van der Waals surface area contributed by atoms with Gasteiger partial charge in [-0.1, -0.05) is 19.6 Å². The molecule has 0 aromatic rings. The molecule has 0 unspecified atom stereocenters. The summed E-state index contributed by atoms with van der Waals surface area (Å²) in [5.74, 6) is -0.264. The second-order valence-electron chi connectivity index (χ2n) is 1.67. The lowest BCUT2D eigenvalue weighted by atomic mass is 10.6. The summed E-state index contributed by atoms with van der Waals surface area (Å²) in [5.41, 5.74) is 0. The first kappa shape index (κ1) is 12.5. The Bertz CT molecular complexity index is 119. The molecule has 0 atom stereocenters. The van der Waals surface area contributed by atoms with Gasteiger partial charge in [0.25, 0.3) is 0 Å². The molecule has 0 saturated carbocycles. The normalized spacial score (nSPS) is 7.09. The standard InChI is InChI=1S/C5H8O2.C3H6O/c1-3-4-7-5(2)6;1-2-3-4/h3H,1,4H2,2H3;3H,2H2,1H3.